The zero-order chi connectivity index (χ0) is 19.4. The molecule has 2 rings (SSSR count). The first-order valence-corrected chi connectivity index (χ1v) is 8.62. The van der Waals surface area contributed by atoms with E-state index in [2.05, 4.69) is 16.7 Å². The molecular weight excluding hydrogens is 340 g/mol. The van der Waals surface area contributed by atoms with Crippen molar-refractivity contribution >= 4 is 11.9 Å². The molecule has 0 fully saturated rings. The number of esters is 2. The van der Waals surface area contributed by atoms with Crippen molar-refractivity contribution in [3.63, 3.8) is 0 Å². The average molecular weight is 368 g/mol. The number of carbonyl (C=O) groups is 2. The molecule has 2 heterocycles. The van der Waals surface area contributed by atoms with Crippen molar-refractivity contribution in [3.05, 3.63) is 35.2 Å². The van der Waals surface area contributed by atoms with Crippen molar-refractivity contribution in [1.29, 1.82) is 0 Å². The van der Waals surface area contributed by atoms with Gasteiger partial charge in [0.15, 0.2) is 0 Å². The fourth-order valence-electron chi connectivity index (χ4n) is 2.28. The molecule has 2 aliphatic rings. The molecule has 2 N–H and O–H groups in total. The molecule has 0 aromatic rings. The Hall–Kier alpha value is -2.64. The van der Waals surface area contributed by atoms with Crippen LogP contribution in [-0.4, -0.2) is 45.9 Å². The normalized spacial score (nSPS) is 15.8. The number of hydrogen-bond acceptors (Lipinski definition) is 8. The Morgan fingerprint density at radius 3 is 1.81 bits per heavy atom. The maximum Gasteiger partial charge on any atom is 0.339 e. The van der Waals surface area contributed by atoms with Gasteiger partial charge in [-0.3, -0.25) is 5.32 Å². The van der Waals surface area contributed by atoms with Crippen LogP contribution in [0, 0.1) is 0 Å². The van der Waals surface area contributed by atoms with Gasteiger partial charge in [-0.05, 0) is 32.9 Å². The Balaban J connectivity index is 0.000000472. The third-order valence-electron chi connectivity index (χ3n) is 3.51. The molecule has 0 radical (unpaired) electrons. The zero-order valence-electron chi connectivity index (χ0n) is 15.8. The summed E-state index contributed by atoms with van der Waals surface area (Å²) in [5, 5.41) is 5.85. The predicted octanol–water partition coefficient (Wildman–Crippen LogP) is 1.71. The van der Waals surface area contributed by atoms with E-state index < -0.39 is 11.9 Å². The minimum Gasteiger partial charge on any atom is -0.482 e. The van der Waals surface area contributed by atoms with Crippen LogP contribution in [0.25, 0.3) is 0 Å². The van der Waals surface area contributed by atoms with E-state index >= 15 is 0 Å². The summed E-state index contributed by atoms with van der Waals surface area (Å²) in [4.78, 5) is 23.7. The largest absolute Gasteiger partial charge is 0.482 e. The molecule has 146 valence electrons. The highest BCUT2D eigenvalue weighted by atomic mass is 16.5. The summed E-state index contributed by atoms with van der Waals surface area (Å²) in [6.45, 7) is 5.02. The highest BCUT2D eigenvalue weighted by Gasteiger charge is 2.31. The zero-order valence-corrected chi connectivity index (χ0v) is 15.8. The highest BCUT2D eigenvalue weighted by Crippen LogP contribution is 2.25. The molecule has 0 aliphatic carbocycles. The molecule has 0 amide bonds. The quantitative estimate of drug-likeness (QED) is 0.684. The number of dihydropyridines is 1. The number of ether oxygens (including phenoxy) is 4. The Bertz CT molecular complexity index is 532. The molecule has 0 aromatic carbocycles. The summed E-state index contributed by atoms with van der Waals surface area (Å²) in [6, 6.07) is 0. The van der Waals surface area contributed by atoms with E-state index in [1.165, 1.54) is 27.1 Å². The molecule has 26 heavy (non-hydrogen) atoms. The number of methoxy groups -OCH3 is 2. The van der Waals surface area contributed by atoms with Crippen LogP contribution >= 0.6 is 0 Å². The van der Waals surface area contributed by atoms with Crippen LogP contribution in [0.5, 0.6) is 0 Å². The van der Waals surface area contributed by atoms with Gasteiger partial charge in [0.25, 0.3) is 0 Å². The van der Waals surface area contributed by atoms with E-state index in [9.17, 15) is 9.59 Å². The van der Waals surface area contributed by atoms with Crippen LogP contribution in [0.2, 0.25) is 0 Å². The van der Waals surface area contributed by atoms with Gasteiger partial charge in [-0.1, -0.05) is 6.08 Å². The van der Waals surface area contributed by atoms with E-state index in [1.54, 1.807) is 13.8 Å². The lowest BCUT2D eigenvalue weighted by atomic mass is 10.0. The minimum absolute atomic E-state index is 0.0248. The van der Waals surface area contributed by atoms with E-state index in [4.69, 9.17) is 18.9 Å². The molecule has 0 unspecified atom stereocenters. The fraction of sp³-hybridized carbons (Fsp3) is 0.556. The van der Waals surface area contributed by atoms with E-state index in [0.29, 0.717) is 0 Å². The van der Waals surface area contributed by atoms with Gasteiger partial charge in [-0.2, -0.15) is 0 Å². The van der Waals surface area contributed by atoms with E-state index in [1.807, 2.05) is 6.20 Å². The molecule has 0 spiro atoms. The van der Waals surface area contributed by atoms with Crippen molar-refractivity contribution in [2.75, 3.05) is 34.0 Å². The van der Waals surface area contributed by atoms with Crippen LogP contribution < -0.4 is 10.6 Å². The molecule has 0 saturated carbocycles. The Morgan fingerprint density at radius 1 is 1.00 bits per heavy atom. The lowest BCUT2D eigenvalue weighted by molar-refractivity contribution is -0.139. The number of carbonyl (C=O) groups excluding carboxylic acids is 2. The molecule has 0 atom stereocenters. The van der Waals surface area contributed by atoms with Gasteiger partial charge >= 0.3 is 11.9 Å². The summed E-state index contributed by atoms with van der Waals surface area (Å²) < 4.78 is 20.1. The Kier molecular flexibility index (Phi) is 9.74. The maximum absolute atomic E-state index is 11.9. The van der Waals surface area contributed by atoms with Crippen LogP contribution in [0.1, 0.15) is 33.1 Å². The molecule has 0 aromatic heterocycles. The Morgan fingerprint density at radius 2 is 1.54 bits per heavy atom. The van der Waals surface area contributed by atoms with Gasteiger partial charge in [0.1, 0.15) is 11.1 Å². The first-order chi connectivity index (χ1) is 12.6. The molecule has 0 saturated heterocycles. The number of nitrogens with one attached hydrogen (secondary N) is 2. The van der Waals surface area contributed by atoms with Crippen LogP contribution in [0.3, 0.4) is 0 Å². The smallest absolute Gasteiger partial charge is 0.339 e. The Labute approximate surface area is 154 Å². The molecule has 2 aliphatic heterocycles. The fourth-order valence-corrected chi connectivity index (χ4v) is 2.28. The summed E-state index contributed by atoms with van der Waals surface area (Å²) in [5.41, 5.74) is 0.441. The third kappa shape index (κ3) is 6.34. The lowest BCUT2D eigenvalue weighted by Gasteiger charge is -2.23. The topological polar surface area (TPSA) is 95.1 Å². The predicted molar refractivity (Wildman–Crippen MR) is 95.5 cm³/mol. The van der Waals surface area contributed by atoms with E-state index in [-0.39, 0.29) is 42.5 Å². The summed E-state index contributed by atoms with van der Waals surface area (Å²) in [7, 11) is 2.81. The first-order valence-electron chi connectivity index (χ1n) is 8.62. The van der Waals surface area contributed by atoms with Crippen molar-refractivity contribution in [2.24, 2.45) is 0 Å². The van der Waals surface area contributed by atoms with Crippen molar-refractivity contribution in [3.8, 4) is 0 Å². The van der Waals surface area contributed by atoms with Crippen molar-refractivity contribution in [1.82, 2.24) is 10.6 Å². The van der Waals surface area contributed by atoms with Crippen LogP contribution in [0.4, 0.5) is 0 Å². The molecule has 8 heteroatoms. The summed E-state index contributed by atoms with van der Waals surface area (Å²) in [6.07, 6.45) is 6.76. The van der Waals surface area contributed by atoms with Crippen LogP contribution in [-0.2, 0) is 28.5 Å². The van der Waals surface area contributed by atoms with E-state index in [0.717, 1.165) is 6.54 Å². The number of rotatable bonds is 6. The monoisotopic (exact) mass is 368 g/mol. The molecular formula is C18H28N2O6. The lowest BCUT2D eigenvalue weighted by Crippen LogP contribution is -2.30. The van der Waals surface area contributed by atoms with Gasteiger partial charge in [0.05, 0.1) is 27.4 Å². The number of hydrogen-bond donors (Lipinski definition) is 2. The van der Waals surface area contributed by atoms with Gasteiger partial charge in [0, 0.05) is 13.0 Å². The second-order valence-electron chi connectivity index (χ2n) is 5.27. The second kappa shape index (κ2) is 11.8. The summed E-state index contributed by atoms with van der Waals surface area (Å²) >= 11 is 0. The molecule has 8 nitrogen and oxygen atoms in total. The average Bonchev–Trinajstić information content (AvgIpc) is 2.69. The van der Waals surface area contributed by atoms with Gasteiger partial charge in [-0.15, -0.1) is 0 Å². The van der Waals surface area contributed by atoms with Gasteiger partial charge < -0.3 is 24.3 Å². The van der Waals surface area contributed by atoms with Gasteiger partial charge in [0.2, 0.25) is 11.8 Å². The van der Waals surface area contributed by atoms with Crippen molar-refractivity contribution in [2.45, 2.75) is 33.1 Å². The highest BCUT2D eigenvalue weighted by molar-refractivity contribution is 5.96. The standard InChI is InChI=1S/C13H19NO6.C5H9N/c1-5-19-12(15)8-7-9(13(16)20-6-2)11(18-4)14-10(8)17-3;1-2-4-6-5-3-1/h14H,5-7H2,1-4H3;2,4,6H,1,3,5H2. The SMILES string of the molecule is C1=CNCCC1.CCOC(=O)C1=C(OC)NC(OC)=C(C(=O)OCC)C1. The van der Waals surface area contributed by atoms with Gasteiger partial charge in [-0.25, -0.2) is 9.59 Å². The maximum atomic E-state index is 11.9. The summed E-state index contributed by atoms with van der Waals surface area (Å²) in [5.74, 6) is -0.690. The third-order valence-corrected chi connectivity index (χ3v) is 3.51. The first kappa shape index (κ1) is 21.4. The second-order valence-corrected chi connectivity index (χ2v) is 5.27. The molecule has 0 bridgehead atoms. The van der Waals surface area contributed by atoms with Crippen LogP contribution in [0.15, 0.2) is 35.2 Å². The van der Waals surface area contributed by atoms with Crippen molar-refractivity contribution < 1.29 is 28.5 Å². The minimum atomic E-state index is -0.547. The number of allylic oxidation sites excluding steroid dienone is 1.